The molecular formula is C14H12F2N2OS. The second-order valence-electron chi connectivity index (χ2n) is 3.97. The van der Waals surface area contributed by atoms with Crippen LogP contribution in [-0.4, -0.2) is 11.7 Å². The van der Waals surface area contributed by atoms with Gasteiger partial charge in [0.2, 0.25) is 5.91 Å². The van der Waals surface area contributed by atoms with Crippen LogP contribution in [-0.2, 0) is 4.79 Å². The fourth-order valence-corrected chi connectivity index (χ4v) is 2.32. The van der Waals surface area contributed by atoms with E-state index >= 15 is 0 Å². The lowest BCUT2D eigenvalue weighted by molar-refractivity contribution is -0.113. The molecule has 2 aromatic carbocycles. The van der Waals surface area contributed by atoms with Gasteiger partial charge in [-0.2, -0.15) is 0 Å². The molecule has 0 saturated heterocycles. The molecule has 0 spiro atoms. The molecule has 3 N–H and O–H groups in total. The van der Waals surface area contributed by atoms with Crippen LogP contribution in [0.1, 0.15) is 0 Å². The number of thioether (sulfide) groups is 1. The maximum absolute atomic E-state index is 13.4. The summed E-state index contributed by atoms with van der Waals surface area (Å²) in [5, 5.41) is 2.22. The molecule has 0 radical (unpaired) electrons. The van der Waals surface area contributed by atoms with Crippen molar-refractivity contribution < 1.29 is 13.6 Å². The van der Waals surface area contributed by atoms with Crippen molar-refractivity contribution in [3.8, 4) is 0 Å². The molecule has 0 aliphatic rings. The van der Waals surface area contributed by atoms with Crippen LogP contribution in [0.2, 0.25) is 0 Å². The molecule has 20 heavy (non-hydrogen) atoms. The smallest absolute Gasteiger partial charge is 0.234 e. The number of hydrogen-bond donors (Lipinski definition) is 2. The Hall–Kier alpha value is -2.08. The molecule has 0 saturated carbocycles. The SMILES string of the molecule is Nc1ccccc1SCC(=O)Nc1c(F)cccc1F. The fraction of sp³-hybridized carbons (Fsp3) is 0.0714. The number of nitrogens with two attached hydrogens (primary N) is 1. The molecule has 3 nitrogen and oxygen atoms in total. The standard InChI is InChI=1S/C14H12F2N2OS/c15-9-4-3-5-10(16)14(9)18-13(19)8-20-12-7-2-1-6-11(12)17/h1-7H,8,17H2,(H,18,19). The van der Waals surface area contributed by atoms with Gasteiger partial charge in [0, 0.05) is 10.6 Å². The number of benzene rings is 2. The fourth-order valence-electron chi connectivity index (χ4n) is 1.55. The number of halogens is 2. The minimum Gasteiger partial charge on any atom is -0.398 e. The van der Waals surface area contributed by atoms with Crippen LogP contribution in [0, 0.1) is 11.6 Å². The molecule has 0 heterocycles. The highest BCUT2D eigenvalue weighted by Gasteiger charge is 2.12. The van der Waals surface area contributed by atoms with Gasteiger partial charge in [0.05, 0.1) is 5.75 Å². The highest BCUT2D eigenvalue weighted by Crippen LogP contribution is 2.25. The predicted molar refractivity (Wildman–Crippen MR) is 76.6 cm³/mol. The summed E-state index contributed by atoms with van der Waals surface area (Å²) in [7, 11) is 0. The van der Waals surface area contributed by atoms with E-state index in [0.29, 0.717) is 5.69 Å². The van der Waals surface area contributed by atoms with Crippen molar-refractivity contribution in [2.45, 2.75) is 4.90 Å². The largest absolute Gasteiger partial charge is 0.398 e. The van der Waals surface area contributed by atoms with Gasteiger partial charge in [-0.1, -0.05) is 18.2 Å². The number of amides is 1. The second kappa shape index (κ2) is 6.38. The van der Waals surface area contributed by atoms with Gasteiger partial charge in [-0.25, -0.2) is 8.78 Å². The van der Waals surface area contributed by atoms with Crippen molar-refractivity contribution in [1.82, 2.24) is 0 Å². The first-order valence-electron chi connectivity index (χ1n) is 5.79. The Morgan fingerprint density at radius 2 is 1.75 bits per heavy atom. The number of carbonyl (C=O) groups is 1. The third-order valence-corrected chi connectivity index (χ3v) is 3.59. The third kappa shape index (κ3) is 3.48. The van der Waals surface area contributed by atoms with Gasteiger partial charge >= 0.3 is 0 Å². The van der Waals surface area contributed by atoms with Gasteiger partial charge < -0.3 is 11.1 Å². The molecule has 0 atom stereocenters. The van der Waals surface area contributed by atoms with Crippen molar-refractivity contribution in [1.29, 1.82) is 0 Å². The molecule has 0 aromatic heterocycles. The Morgan fingerprint density at radius 1 is 1.10 bits per heavy atom. The molecule has 0 aliphatic carbocycles. The minimum absolute atomic E-state index is 0.0159. The lowest BCUT2D eigenvalue weighted by Crippen LogP contribution is -2.16. The van der Waals surface area contributed by atoms with Crippen LogP contribution < -0.4 is 11.1 Å². The molecule has 0 aliphatic heterocycles. The van der Waals surface area contributed by atoms with E-state index in [-0.39, 0.29) is 5.75 Å². The highest BCUT2D eigenvalue weighted by molar-refractivity contribution is 8.00. The summed E-state index contributed by atoms with van der Waals surface area (Å²) >= 11 is 1.20. The van der Waals surface area contributed by atoms with E-state index in [1.807, 2.05) is 0 Å². The van der Waals surface area contributed by atoms with E-state index in [1.54, 1.807) is 24.3 Å². The van der Waals surface area contributed by atoms with E-state index in [2.05, 4.69) is 5.32 Å². The van der Waals surface area contributed by atoms with Crippen LogP contribution in [0.5, 0.6) is 0 Å². The third-order valence-electron chi connectivity index (χ3n) is 2.50. The Morgan fingerprint density at radius 3 is 2.40 bits per heavy atom. The molecule has 104 valence electrons. The van der Waals surface area contributed by atoms with E-state index in [0.717, 1.165) is 17.0 Å². The number of carbonyl (C=O) groups excluding carboxylic acids is 1. The Labute approximate surface area is 119 Å². The number of rotatable bonds is 4. The van der Waals surface area contributed by atoms with Crippen LogP contribution in [0.25, 0.3) is 0 Å². The van der Waals surface area contributed by atoms with Crippen molar-refractivity contribution in [2.24, 2.45) is 0 Å². The molecular weight excluding hydrogens is 282 g/mol. The van der Waals surface area contributed by atoms with Gasteiger partial charge in [-0.05, 0) is 24.3 Å². The van der Waals surface area contributed by atoms with Crippen LogP contribution in [0.3, 0.4) is 0 Å². The molecule has 0 fully saturated rings. The van der Waals surface area contributed by atoms with Gasteiger partial charge in [-0.3, -0.25) is 4.79 Å². The monoisotopic (exact) mass is 294 g/mol. The Bertz CT molecular complexity index is 614. The average molecular weight is 294 g/mol. The quantitative estimate of drug-likeness (QED) is 0.672. The number of para-hydroxylation sites is 2. The molecule has 2 aromatic rings. The van der Waals surface area contributed by atoms with Crippen molar-refractivity contribution in [3.63, 3.8) is 0 Å². The summed E-state index contributed by atoms with van der Waals surface area (Å²) in [5.74, 6) is -2.09. The van der Waals surface area contributed by atoms with Gasteiger partial charge in [0.15, 0.2) is 0 Å². The van der Waals surface area contributed by atoms with E-state index in [1.165, 1.54) is 17.8 Å². The summed E-state index contributed by atoms with van der Waals surface area (Å²) < 4.78 is 26.7. The molecule has 0 unspecified atom stereocenters. The van der Waals surface area contributed by atoms with Gasteiger partial charge in [-0.15, -0.1) is 11.8 Å². The maximum Gasteiger partial charge on any atom is 0.234 e. The first kappa shape index (κ1) is 14.3. The number of anilines is 2. The van der Waals surface area contributed by atoms with Crippen LogP contribution in [0.15, 0.2) is 47.4 Å². The summed E-state index contributed by atoms with van der Waals surface area (Å²) in [6, 6.07) is 10.5. The highest BCUT2D eigenvalue weighted by atomic mass is 32.2. The zero-order valence-corrected chi connectivity index (χ0v) is 11.2. The molecule has 0 bridgehead atoms. The topological polar surface area (TPSA) is 55.1 Å². The van der Waals surface area contributed by atoms with Crippen molar-refractivity contribution in [2.75, 3.05) is 16.8 Å². The van der Waals surface area contributed by atoms with Crippen molar-refractivity contribution >= 4 is 29.0 Å². The maximum atomic E-state index is 13.4. The van der Waals surface area contributed by atoms with E-state index in [9.17, 15) is 13.6 Å². The Balaban J connectivity index is 1.98. The predicted octanol–water partition coefficient (Wildman–Crippen LogP) is 3.28. The van der Waals surface area contributed by atoms with E-state index < -0.39 is 23.2 Å². The summed E-state index contributed by atoms with van der Waals surface area (Å²) in [6.07, 6.45) is 0. The number of nitrogen functional groups attached to an aromatic ring is 1. The van der Waals surface area contributed by atoms with Crippen molar-refractivity contribution in [3.05, 3.63) is 54.1 Å². The molecule has 6 heteroatoms. The summed E-state index contributed by atoms with van der Waals surface area (Å²) in [6.45, 7) is 0. The first-order valence-corrected chi connectivity index (χ1v) is 6.77. The zero-order valence-electron chi connectivity index (χ0n) is 10.4. The molecule has 1 amide bonds. The average Bonchev–Trinajstić information content (AvgIpc) is 2.42. The second-order valence-corrected chi connectivity index (χ2v) is 4.99. The Kier molecular flexibility index (Phi) is 4.57. The van der Waals surface area contributed by atoms with Gasteiger partial charge in [0.25, 0.3) is 0 Å². The van der Waals surface area contributed by atoms with Crippen LogP contribution >= 0.6 is 11.8 Å². The molecule has 2 rings (SSSR count). The lowest BCUT2D eigenvalue weighted by atomic mass is 10.3. The minimum atomic E-state index is -0.803. The van der Waals surface area contributed by atoms with Crippen LogP contribution in [0.4, 0.5) is 20.2 Å². The number of nitrogens with one attached hydrogen (secondary N) is 1. The normalized spacial score (nSPS) is 10.3. The zero-order chi connectivity index (χ0) is 14.5. The van der Waals surface area contributed by atoms with E-state index in [4.69, 9.17) is 5.73 Å². The summed E-state index contributed by atoms with van der Waals surface area (Å²) in [5.41, 5.74) is 5.86. The van der Waals surface area contributed by atoms with Gasteiger partial charge in [0.1, 0.15) is 17.3 Å². The lowest BCUT2D eigenvalue weighted by Gasteiger charge is -2.08. The summed E-state index contributed by atoms with van der Waals surface area (Å²) in [4.78, 5) is 12.4. The number of hydrogen-bond acceptors (Lipinski definition) is 3. The first-order chi connectivity index (χ1) is 9.58.